The molecule has 0 bridgehead atoms. The smallest absolute Gasteiger partial charge is 0.234 e. The minimum Gasteiger partial charge on any atom is -0.394 e. The molecule has 55 heavy (non-hydrogen) atoms. The Morgan fingerprint density at radius 1 is 0.527 bits per heavy atom. The van der Waals surface area contributed by atoms with Crippen LogP contribution in [0.2, 0.25) is 0 Å². The van der Waals surface area contributed by atoms with Gasteiger partial charge in [-0.3, -0.25) is 24.6 Å². The van der Waals surface area contributed by atoms with E-state index in [9.17, 15) is 54.9 Å². The van der Waals surface area contributed by atoms with Crippen molar-refractivity contribution in [3.05, 3.63) is 0 Å². The monoisotopic (exact) mass is 801 g/mol. The molecule has 23 heteroatoms. The molecule has 2 saturated heterocycles. The van der Waals surface area contributed by atoms with E-state index in [0.29, 0.717) is 65.6 Å². The van der Waals surface area contributed by atoms with Gasteiger partial charge in [0.05, 0.1) is 46.2 Å². The van der Waals surface area contributed by atoms with Crippen LogP contribution in [0, 0.1) is 0 Å². The summed E-state index contributed by atoms with van der Waals surface area (Å²) in [5, 5.41) is 78.4. The first-order valence-corrected chi connectivity index (χ1v) is 18.2. The molecule has 0 saturated carbocycles. The van der Waals surface area contributed by atoms with E-state index in [1.54, 1.807) is 0 Å². The SMILES string of the molecule is NNC(=O)CCC(=O)NCCCOCCOCCOCCCNC(=O)CCC(=O)NCCO[C@H]1O[C@H](CO)[C@@H](O[C@@H]2O[C@H](CO)[C@@H](O)[C@H](O)[C@H]2O)[C@H](O)[C@@H]1O. The maximum atomic E-state index is 12.2. The highest BCUT2D eigenvalue weighted by Crippen LogP contribution is 2.29. The van der Waals surface area contributed by atoms with Crippen molar-refractivity contribution in [2.45, 2.75) is 99.9 Å². The Morgan fingerprint density at radius 2 is 0.982 bits per heavy atom. The summed E-state index contributed by atoms with van der Waals surface area (Å²) >= 11 is 0. The quantitative estimate of drug-likeness (QED) is 0.0151. The molecule has 13 N–H and O–H groups in total. The number of aliphatic hydroxyl groups is 7. The van der Waals surface area contributed by atoms with Crippen molar-refractivity contribution < 1.29 is 88.1 Å². The zero-order chi connectivity index (χ0) is 40.6. The van der Waals surface area contributed by atoms with E-state index in [1.807, 2.05) is 5.43 Å². The molecular weight excluding hydrogens is 742 g/mol. The number of amides is 4. The summed E-state index contributed by atoms with van der Waals surface area (Å²) in [6.07, 6.45) is -14.7. The minimum absolute atomic E-state index is 0.0300. The Labute approximate surface area is 318 Å². The molecule has 0 aromatic heterocycles. The third-order valence-corrected chi connectivity index (χ3v) is 8.31. The molecule has 0 radical (unpaired) electrons. The van der Waals surface area contributed by atoms with Crippen molar-refractivity contribution in [1.82, 2.24) is 21.4 Å². The molecule has 0 aromatic carbocycles. The third-order valence-electron chi connectivity index (χ3n) is 8.31. The maximum Gasteiger partial charge on any atom is 0.234 e. The van der Waals surface area contributed by atoms with Crippen LogP contribution in [0.1, 0.15) is 38.5 Å². The molecule has 10 atom stereocenters. The normalized spacial score (nSPS) is 28.0. The number of carbonyl (C=O) groups is 4. The average Bonchev–Trinajstić information content (AvgIpc) is 3.18. The van der Waals surface area contributed by atoms with E-state index in [2.05, 4.69) is 16.0 Å². The first-order chi connectivity index (χ1) is 26.4. The van der Waals surface area contributed by atoms with Gasteiger partial charge in [-0.05, 0) is 12.8 Å². The van der Waals surface area contributed by atoms with Gasteiger partial charge in [0.2, 0.25) is 23.6 Å². The van der Waals surface area contributed by atoms with Crippen molar-refractivity contribution in [2.24, 2.45) is 5.84 Å². The summed E-state index contributed by atoms with van der Waals surface area (Å²) in [4.78, 5) is 46.8. The minimum atomic E-state index is -1.79. The second-order valence-corrected chi connectivity index (χ2v) is 12.5. The Hall–Kier alpha value is -2.72. The summed E-state index contributed by atoms with van der Waals surface area (Å²) < 4.78 is 38.0. The number of rotatable bonds is 28. The molecular formula is C32H59N5O18. The molecule has 2 aliphatic rings. The number of hydrogen-bond donors (Lipinski definition) is 12. The lowest BCUT2D eigenvalue weighted by Gasteiger charge is -2.45. The fourth-order valence-electron chi connectivity index (χ4n) is 5.20. The topological polar surface area (TPSA) is 349 Å². The van der Waals surface area contributed by atoms with Crippen molar-refractivity contribution in [1.29, 1.82) is 0 Å². The predicted octanol–water partition coefficient (Wildman–Crippen LogP) is -6.64. The molecule has 2 heterocycles. The van der Waals surface area contributed by atoms with E-state index >= 15 is 0 Å². The number of nitrogens with one attached hydrogen (secondary N) is 4. The second kappa shape index (κ2) is 27.8. The number of hydrazine groups is 1. The van der Waals surface area contributed by atoms with Crippen molar-refractivity contribution >= 4 is 23.6 Å². The standard InChI is InChI=1S/C32H59N5O18/c33-37-24(43)6-5-22(41)35-8-2-11-50-14-16-51-15-13-49-10-1-7-34-21(40)3-4-23(42)36-9-12-52-31-29(48)27(46)30(20(18-39)54-31)55-32-28(47)26(45)25(44)19(17-38)53-32/h19-20,25-32,38-39,44-48H,1-18,33H2,(H,34,40)(H,35,41)(H,36,42)(H,37,43)/t19-,20-,25-,26+,27-,28-,29+,30-,31+,32+/m1/s1. The van der Waals surface area contributed by atoms with Crippen LogP contribution in [0.15, 0.2) is 0 Å². The molecule has 2 rings (SSSR count). The summed E-state index contributed by atoms with van der Waals surface area (Å²) in [5.41, 5.74) is 1.96. The second-order valence-electron chi connectivity index (χ2n) is 12.5. The van der Waals surface area contributed by atoms with Crippen LogP contribution < -0.4 is 27.2 Å². The van der Waals surface area contributed by atoms with Crippen LogP contribution >= 0.6 is 0 Å². The number of aliphatic hydroxyl groups excluding tert-OH is 7. The average molecular weight is 802 g/mol. The summed E-state index contributed by atoms with van der Waals surface area (Å²) in [5.74, 6) is 3.56. The van der Waals surface area contributed by atoms with Gasteiger partial charge in [0.25, 0.3) is 0 Å². The van der Waals surface area contributed by atoms with E-state index in [4.69, 9.17) is 39.0 Å². The number of hydrogen-bond acceptors (Lipinski definition) is 19. The van der Waals surface area contributed by atoms with Gasteiger partial charge in [0, 0.05) is 58.5 Å². The van der Waals surface area contributed by atoms with Crippen LogP contribution in [-0.2, 0) is 52.3 Å². The molecule has 0 aromatic rings. The fraction of sp³-hybridized carbons (Fsp3) is 0.875. The van der Waals surface area contributed by atoms with Gasteiger partial charge in [0.1, 0.15) is 48.8 Å². The number of ether oxygens (including phenoxy) is 7. The Bertz CT molecular complexity index is 1110. The van der Waals surface area contributed by atoms with Gasteiger partial charge < -0.3 is 84.9 Å². The zero-order valence-electron chi connectivity index (χ0n) is 30.7. The van der Waals surface area contributed by atoms with Crippen LogP contribution in [0.3, 0.4) is 0 Å². The molecule has 23 nitrogen and oxygen atoms in total. The molecule has 0 spiro atoms. The molecule has 0 aliphatic carbocycles. The van der Waals surface area contributed by atoms with Gasteiger partial charge in [-0.2, -0.15) is 0 Å². The third kappa shape index (κ3) is 18.4. The number of nitrogens with two attached hydrogens (primary N) is 1. The molecule has 0 unspecified atom stereocenters. The lowest BCUT2D eigenvalue weighted by molar-refractivity contribution is -0.359. The summed E-state index contributed by atoms with van der Waals surface area (Å²) in [7, 11) is 0. The first-order valence-electron chi connectivity index (χ1n) is 18.2. The molecule has 320 valence electrons. The van der Waals surface area contributed by atoms with Gasteiger partial charge in [-0.25, -0.2) is 5.84 Å². The first kappa shape index (κ1) is 48.4. The highest BCUT2D eigenvalue weighted by atomic mass is 16.7. The number of carbonyl (C=O) groups excluding carboxylic acids is 4. The lowest BCUT2D eigenvalue weighted by Crippen LogP contribution is -2.64. The fourth-order valence-corrected chi connectivity index (χ4v) is 5.20. The van der Waals surface area contributed by atoms with E-state index in [1.165, 1.54) is 0 Å². The van der Waals surface area contributed by atoms with Crippen LogP contribution in [-0.4, -0.2) is 200 Å². The highest BCUT2D eigenvalue weighted by Gasteiger charge is 2.50. The zero-order valence-corrected chi connectivity index (χ0v) is 30.7. The van der Waals surface area contributed by atoms with Gasteiger partial charge in [-0.15, -0.1) is 0 Å². The van der Waals surface area contributed by atoms with Gasteiger partial charge in [-0.1, -0.05) is 0 Å². The highest BCUT2D eigenvalue weighted by molar-refractivity contribution is 5.84. The Kier molecular flexibility index (Phi) is 24.5. The summed E-state index contributed by atoms with van der Waals surface area (Å²) in [6.45, 7) is 1.46. The largest absolute Gasteiger partial charge is 0.394 e. The van der Waals surface area contributed by atoms with Crippen LogP contribution in [0.5, 0.6) is 0 Å². The van der Waals surface area contributed by atoms with Crippen molar-refractivity contribution in [3.63, 3.8) is 0 Å². The van der Waals surface area contributed by atoms with Crippen molar-refractivity contribution in [3.8, 4) is 0 Å². The van der Waals surface area contributed by atoms with E-state index in [-0.39, 0.29) is 50.6 Å². The maximum absolute atomic E-state index is 12.2. The Morgan fingerprint density at radius 3 is 1.49 bits per heavy atom. The van der Waals surface area contributed by atoms with Crippen molar-refractivity contribution in [2.75, 3.05) is 79.1 Å². The molecule has 4 amide bonds. The van der Waals surface area contributed by atoms with E-state index < -0.39 is 86.4 Å². The molecule has 2 fully saturated rings. The van der Waals surface area contributed by atoms with E-state index in [0.717, 1.165) is 0 Å². The lowest BCUT2D eigenvalue weighted by atomic mass is 9.97. The predicted molar refractivity (Wildman–Crippen MR) is 184 cm³/mol. The van der Waals surface area contributed by atoms with Gasteiger partial charge in [0.15, 0.2) is 12.6 Å². The van der Waals surface area contributed by atoms with Gasteiger partial charge >= 0.3 is 0 Å². The Balaban J connectivity index is 1.45. The van der Waals surface area contributed by atoms with Crippen LogP contribution in [0.25, 0.3) is 0 Å². The van der Waals surface area contributed by atoms with Crippen LogP contribution in [0.4, 0.5) is 0 Å². The summed E-state index contributed by atoms with van der Waals surface area (Å²) in [6, 6.07) is 0. The molecule has 2 aliphatic heterocycles.